The first-order valence-corrected chi connectivity index (χ1v) is 5.98. The van der Waals surface area contributed by atoms with Crippen molar-refractivity contribution in [3.05, 3.63) is 42.0 Å². The zero-order valence-electron chi connectivity index (χ0n) is 8.23. The maximum absolute atomic E-state index is 4.52. The molecule has 1 heterocycles. The second kappa shape index (κ2) is 4.47. The van der Waals surface area contributed by atoms with Crippen molar-refractivity contribution in [2.24, 2.45) is 4.99 Å². The van der Waals surface area contributed by atoms with Crippen molar-refractivity contribution < 1.29 is 0 Å². The standard InChI is InChI=1S/C12H13NS/c1-14-12-11(8-5-9-13-12)10-6-3-2-4-7-10/h2-4,6-8H,5,9H2,1H3. The van der Waals surface area contributed by atoms with E-state index in [4.69, 9.17) is 0 Å². The third-order valence-corrected chi connectivity index (χ3v) is 2.98. The minimum Gasteiger partial charge on any atom is -0.277 e. The molecule has 0 amide bonds. The number of hydrogen-bond acceptors (Lipinski definition) is 2. The van der Waals surface area contributed by atoms with E-state index in [1.807, 2.05) is 6.07 Å². The molecule has 0 bridgehead atoms. The molecule has 0 aliphatic carbocycles. The smallest absolute Gasteiger partial charge is 0.0977 e. The SMILES string of the molecule is CSC1=NCCC=C1c1ccccc1. The molecule has 0 radical (unpaired) electrons. The zero-order chi connectivity index (χ0) is 9.80. The number of hydrogen-bond donors (Lipinski definition) is 0. The number of aliphatic imine (C=N–C) groups is 1. The van der Waals surface area contributed by atoms with Gasteiger partial charge in [0.15, 0.2) is 0 Å². The van der Waals surface area contributed by atoms with Gasteiger partial charge in [0, 0.05) is 12.1 Å². The molecular weight excluding hydrogens is 190 g/mol. The highest BCUT2D eigenvalue weighted by molar-refractivity contribution is 8.14. The van der Waals surface area contributed by atoms with Crippen LogP contribution in [0.3, 0.4) is 0 Å². The van der Waals surface area contributed by atoms with E-state index in [2.05, 4.69) is 41.6 Å². The molecule has 0 unspecified atom stereocenters. The highest BCUT2D eigenvalue weighted by atomic mass is 32.2. The maximum Gasteiger partial charge on any atom is 0.0977 e. The van der Waals surface area contributed by atoms with Crippen LogP contribution in [0.25, 0.3) is 5.57 Å². The van der Waals surface area contributed by atoms with E-state index in [1.54, 1.807) is 11.8 Å². The Bertz CT molecular complexity index is 365. The van der Waals surface area contributed by atoms with Gasteiger partial charge in [-0.05, 0) is 18.2 Å². The molecule has 0 aromatic heterocycles. The van der Waals surface area contributed by atoms with Crippen LogP contribution in [-0.2, 0) is 0 Å². The van der Waals surface area contributed by atoms with Crippen LogP contribution >= 0.6 is 11.8 Å². The third-order valence-electron chi connectivity index (χ3n) is 2.24. The van der Waals surface area contributed by atoms with Crippen molar-refractivity contribution in [3.8, 4) is 0 Å². The number of nitrogens with zero attached hydrogens (tertiary/aromatic N) is 1. The van der Waals surface area contributed by atoms with Gasteiger partial charge in [-0.15, -0.1) is 11.8 Å². The lowest BCUT2D eigenvalue weighted by Crippen LogP contribution is -2.03. The maximum atomic E-state index is 4.52. The minimum absolute atomic E-state index is 0.937. The zero-order valence-corrected chi connectivity index (χ0v) is 9.05. The van der Waals surface area contributed by atoms with Crippen molar-refractivity contribution in [3.63, 3.8) is 0 Å². The summed E-state index contributed by atoms with van der Waals surface area (Å²) < 4.78 is 0. The summed E-state index contributed by atoms with van der Waals surface area (Å²) in [5.41, 5.74) is 2.57. The van der Waals surface area contributed by atoms with Gasteiger partial charge in [0.05, 0.1) is 5.04 Å². The summed E-state index contributed by atoms with van der Waals surface area (Å²) >= 11 is 1.73. The van der Waals surface area contributed by atoms with Crippen molar-refractivity contribution in [2.45, 2.75) is 6.42 Å². The summed E-state index contributed by atoms with van der Waals surface area (Å²) in [7, 11) is 0. The predicted molar refractivity (Wildman–Crippen MR) is 64.9 cm³/mol. The van der Waals surface area contributed by atoms with Crippen LogP contribution in [0.15, 0.2) is 41.4 Å². The summed E-state index contributed by atoms with van der Waals surface area (Å²) in [5, 5.41) is 1.17. The van der Waals surface area contributed by atoms with Crippen LogP contribution in [0.4, 0.5) is 0 Å². The first kappa shape index (κ1) is 9.53. The fraction of sp³-hybridized carbons (Fsp3) is 0.250. The average molecular weight is 203 g/mol. The van der Waals surface area contributed by atoms with Crippen LogP contribution in [-0.4, -0.2) is 17.8 Å². The van der Waals surface area contributed by atoms with E-state index in [-0.39, 0.29) is 0 Å². The first-order valence-electron chi connectivity index (χ1n) is 4.76. The van der Waals surface area contributed by atoms with Crippen molar-refractivity contribution >= 4 is 22.4 Å². The lowest BCUT2D eigenvalue weighted by Gasteiger charge is -2.13. The van der Waals surface area contributed by atoms with Gasteiger partial charge in [-0.2, -0.15) is 0 Å². The van der Waals surface area contributed by atoms with Crippen LogP contribution in [0.1, 0.15) is 12.0 Å². The summed E-state index contributed by atoms with van der Waals surface area (Å²) in [6.45, 7) is 0.937. The van der Waals surface area contributed by atoms with E-state index >= 15 is 0 Å². The Labute approximate surface area is 88.9 Å². The first-order chi connectivity index (χ1) is 6.92. The van der Waals surface area contributed by atoms with Gasteiger partial charge in [0.1, 0.15) is 0 Å². The Morgan fingerprint density at radius 2 is 2.00 bits per heavy atom. The monoisotopic (exact) mass is 203 g/mol. The lowest BCUT2D eigenvalue weighted by molar-refractivity contribution is 1.00. The minimum atomic E-state index is 0.937. The van der Waals surface area contributed by atoms with Gasteiger partial charge in [0.2, 0.25) is 0 Å². The summed E-state index contributed by atoms with van der Waals surface area (Å²) in [5.74, 6) is 0. The number of dihydropyridines is 1. The highest BCUT2D eigenvalue weighted by Gasteiger charge is 2.10. The van der Waals surface area contributed by atoms with Gasteiger partial charge >= 0.3 is 0 Å². The van der Waals surface area contributed by atoms with Gasteiger partial charge in [-0.3, -0.25) is 4.99 Å². The molecule has 0 saturated heterocycles. The van der Waals surface area contributed by atoms with Crippen LogP contribution in [0, 0.1) is 0 Å². The Kier molecular flexibility index (Phi) is 3.04. The van der Waals surface area contributed by atoms with E-state index in [9.17, 15) is 0 Å². The molecule has 0 spiro atoms. The second-order valence-corrected chi connectivity index (χ2v) is 3.96. The van der Waals surface area contributed by atoms with Gasteiger partial charge in [0.25, 0.3) is 0 Å². The molecule has 1 nitrogen and oxygen atoms in total. The van der Waals surface area contributed by atoms with Crippen molar-refractivity contribution in [2.75, 3.05) is 12.8 Å². The number of thioether (sulfide) groups is 1. The summed E-state index contributed by atoms with van der Waals surface area (Å²) in [6.07, 6.45) is 5.43. The molecule has 72 valence electrons. The molecule has 0 saturated carbocycles. The molecule has 2 heteroatoms. The molecule has 1 aromatic carbocycles. The fourth-order valence-electron chi connectivity index (χ4n) is 1.58. The summed E-state index contributed by atoms with van der Waals surface area (Å²) in [6, 6.07) is 10.5. The van der Waals surface area contributed by atoms with Gasteiger partial charge in [-0.25, -0.2) is 0 Å². The lowest BCUT2D eigenvalue weighted by atomic mass is 10.0. The normalized spacial score (nSPS) is 16.1. The topological polar surface area (TPSA) is 12.4 Å². The average Bonchev–Trinajstić information content (AvgIpc) is 2.30. The number of benzene rings is 1. The van der Waals surface area contributed by atoms with E-state index < -0.39 is 0 Å². The van der Waals surface area contributed by atoms with Gasteiger partial charge in [-0.1, -0.05) is 36.4 Å². The second-order valence-electron chi connectivity index (χ2n) is 3.16. The van der Waals surface area contributed by atoms with Crippen molar-refractivity contribution in [1.29, 1.82) is 0 Å². The molecule has 14 heavy (non-hydrogen) atoms. The van der Waals surface area contributed by atoms with E-state index in [0.717, 1.165) is 13.0 Å². The molecular formula is C12H13NS. The van der Waals surface area contributed by atoms with Crippen LogP contribution < -0.4 is 0 Å². The molecule has 0 atom stereocenters. The third kappa shape index (κ3) is 1.90. The Balaban J connectivity index is 2.34. The van der Waals surface area contributed by atoms with Crippen LogP contribution in [0.5, 0.6) is 0 Å². The predicted octanol–water partition coefficient (Wildman–Crippen LogP) is 3.24. The molecule has 1 aliphatic heterocycles. The molecule has 1 aliphatic rings. The number of rotatable bonds is 1. The quantitative estimate of drug-likeness (QED) is 0.682. The Hall–Kier alpha value is -1.02. The van der Waals surface area contributed by atoms with Crippen molar-refractivity contribution in [1.82, 2.24) is 0 Å². The van der Waals surface area contributed by atoms with Crippen LogP contribution in [0.2, 0.25) is 0 Å². The largest absolute Gasteiger partial charge is 0.277 e. The fourth-order valence-corrected chi connectivity index (χ4v) is 2.22. The summed E-state index contributed by atoms with van der Waals surface area (Å²) in [4.78, 5) is 4.52. The van der Waals surface area contributed by atoms with E-state index in [0.29, 0.717) is 0 Å². The Morgan fingerprint density at radius 1 is 1.21 bits per heavy atom. The molecule has 0 N–H and O–H groups in total. The molecule has 2 rings (SSSR count). The molecule has 1 aromatic rings. The highest BCUT2D eigenvalue weighted by Crippen LogP contribution is 2.24. The van der Waals surface area contributed by atoms with Gasteiger partial charge < -0.3 is 0 Å². The molecule has 0 fully saturated rings. The Morgan fingerprint density at radius 3 is 2.71 bits per heavy atom. The van der Waals surface area contributed by atoms with E-state index in [1.165, 1.54) is 16.2 Å².